The maximum atomic E-state index is 10.6. The number of β-amino-alcohol motifs (C(OH)–C–C–N with tert-alkyl or cyclic N) is 1. The molecule has 1 rings (SSSR count). The number of hydrogen-bond donors (Lipinski definition) is 6. The number of nitrogens with one attached hydrogen (secondary N) is 1. The number of aliphatic hydroxyl groups is 4. The van der Waals surface area contributed by atoms with E-state index in [1.54, 1.807) is 0 Å². The Bertz CT molecular complexity index is 272. The van der Waals surface area contributed by atoms with Crippen LogP contribution in [-0.4, -0.2) is 75.2 Å². The molecule has 1 aliphatic heterocycles. The number of carboxylic acid groups (broad SMARTS) is 1. The summed E-state index contributed by atoms with van der Waals surface area (Å²) >= 11 is 0. The number of hydrogen-bond acceptors (Lipinski definition) is 6. The summed E-state index contributed by atoms with van der Waals surface area (Å²) in [6, 6.07) is -0.534. The highest BCUT2D eigenvalue weighted by atomic mass is 19.4. The molecule has 0 aliphatic carbocycles. The predicted octanol–water partition coefficient (Wildman–Crippen LogP) is -2.33. The van der Waals surface area contributed by atoms with E-state index in [2.05, 4.69) is 5.32 Å². The van der Waals surface area contributed by atoms with E-state index in [0.29, 0.717) is 0 Å². The summed E-state index contributed by atoms with van der Waals surface area (Å²) in [5, 5.41) is 45.7. The zero-order valence-corrected chi connectivity index (χ0v) is 9.00. The SMILES string of the molecule is O=C(O)C(F)(F)F.OC[C@H]1NC[C@@H](O)[C@@H](O)[C@@H]1O. The summed E-state index contributed by atoms with van der Waals surface area (Å²) in [7, 11) is 0. The van der Waals surface area contributed by atoms with Gasteiger partial charge in [-0.15, -0.1) is 0 Å². The third-order valence-corrected chi connectivity index (χ3v) is 2.18. The molecule has 0 aromatic rings. The van der Waals surface area contributed by atoms with E-state index in [1.807, 2.05) is 0 Å². The summed E-state index contributed by atoms with van der Waals surface area (Å²) in [6.45, 7) is -0.0472. The van der Waals surface area contributed by atoms with Crippen molar-refractivity contribution in [2.45, 2.75) is 30.5 Å². The van der Waals surface area contributed by atoms with Crippen molar-refractivity contribution in [1.82, 2.24) is 5.32 Å². The fraction of sp³-hybridized carbons (Fsp3) is 0.875. The molecule has 0 unspecified atom stereocenters. The highest BCUT2D eigenvalue weighted by molar-refractivity contribution is 5.73. The van der Waals surface area contributed by atoms with Gasteiger partial charge in [0.1, 0.15) is 6.10 Å². The molecule has 108 valence electrons. The van der Waals surface area contributed by atoms with E-state index in [1.165, 1.54) is 0 Å². The minimum atomic E-state index is -5.08. The third-order valence-electron chi connectivity index (χ3n) is 2.18. The number of rotatable bonds is 1. The van der Waals surface area contributed by atoms with Gasteiger partial charge in [0.2, 0.25) is 0 Å². The van der Waals surface area contributed by atoms with Crippen molar-refractivity contribution in [1.29, 1.82) is 0 Å². The van der Waals surface area contributed by atoms with Crippen molar-refractivity contribution in [3.05, 3.63) is 0 Å². The van der Waals surface area contributed by atoms with Crippen LogP contribution in [0.5, 0.6) is 0 Å². The highest BCUT2D eigenvalue weighted by Gasteiger charge is 2.38. The lowest BCUT2D eigenvalue weighted by Crippen LogP contribution is -2.60. The zero-order valence-electron chi connectivity index (χ0n) is 9.00. The lowest BCUT2D eigenvalue weighted by Gasteiger charge is -2.34. The zero-order chi connectivity index (χ0) is 14.5. The Morgan fingerprint density at radius 2 is 1.67 bits per heavy atom. The summed E-state index contributed by atoms with van der Waals surface area (Å²) < 4.78 is 31.7. The lowest BCUT2D eigenvalue weighted by molar-refractivity contribution is -0.192. The van der Waals surface area contributed by atoms with Crippen LogP contribution in [-0.2, 0) is 4.79 Å². The first-order chi connectivity index (χ1) is 8.11. The Morgan fingerprint density at radius 1 is 1.22 bits per heavy atom. The van der Waals surface area contributed by atoms with E-state index in [4.69, 9.17) is 25.2 Å². The van der Waals surface area contributed by atoms with Gasteiger partial charge >= 0.3 is 12.1 Å². The lowest BCUT2D eigenvalue weighted by atomic mass is 9.97. The van der Waals surface area contributed by atoms with E-state index < -0.39 is 36.5 Å². The molecular formula is C8H14F3NO6. The molecule has 1 aliphatic rings. The second-order valence-corrected chi connectivity index (χ2v) is 3.55. The molecule has 0 spiro atoms. The van der Waals surface area contributed by atoms with Crippen molar-refractivity contribution in [2.75, 3.05) is 13.2 Å². The molecule has 4 atom stereocenters. The summed E-state index contributed by atoms with van der Waals surface area (Å²) in [6.07, 6.45) is -8.29. The van der Waals surface area contributed by atoms with Crippen LogP contribution in [0.4, 0.5) is 13.2 Å². The van der Waals surface area contributed by atoms with Gasteiger partial charge in [-0.05, 0) is 0 Å². The molecule has 0 saturated carbocycles. The smallest absolute Gasteiger partial charge is 0.475 e. The second-order valence-electron chi connectivity index (χ2n) is 3.55. The number of halogens is 3. The van der Waals surface area contributed by atoms with Crippen molar-refractivity contribution in [2.24, 2.45) is 0 Å². The number of aliphatic carboxylic acids is 1. The van der Waals surface area contributed by atoms with Gasteiger partial charge in [-0.3, -0.25) is 0 Å². The Morgan fingerprint density at radius 3 is 2.00 bits per heavy atom. The average Bonchev–Trinajstić information content (AvgIpc) is 2.26. The first-order valence-corrected chi connectivity index (χ1v) is 4.79. The Balaban J connectivity index is 0.000000360. The van der Waals surface area contributed by atoms with Crippen LogP contribution in [0.15, 0.2) is 0 Å². The van der Waals surface area contributed by atoms with E-state index >= 15 is 0 Å². The Labute approximate surface area is 99.5 Å². The van der Waals surface area contributed by atoms with Gasteiger partial charge < -0.3 is 30.8 Å². The summed E-state index contributed by atoms with van der Waals surface area (Å²) in [4.78, 5) is 8.90. The van der Waals surface area contributed by atoms with Gasteiger partial charge in [-0.2, -0.15) is 13.2 Å². The summed E-state index contributed by atoms with van der Waals surface area (Å²) in [5.74, 6) is -2.76. The van der Waals surface area contributed by atoms with Crippen LogP contribution in [0.1, 0.15) is 0 Å². The molecule has 6 N–H and O–H groups in total. The first-order valence-electron chi connectivity index (χ1n) is 4.79. The highest BCUT2D eigenvalue weighted by Crippen LogP contribution is 2.13. The standard InChI is InChI=1S/C6H13NO4.C2HF3O2/c8-2-3-5(10)6(11)4(9)1-7-3;3-2(4,5)1(6)7/h3-11H,1-2H2;(H,6,7)/t3-,4-,5-,6-;/m1./s1. The van der Waals surface area contributed by atoms with Gasteiger partial charge in [0, 0.05) is 6.54 Å². The molecule has 10 heteroatoms. The van der Waals surface area contributed by atoms with E-state index in [9.17, 15) is 18.3 Å². The maximum Gasteiger partial charge on any atom is 0.490 e. The normalized spacial score (nSPS) is 32.4. The molecule has 1 saturated heterocycles. The van der Waals surface area contributed by atoms with Crippen LogP contribution >= 0.6 is 0 Å². The molecule has 18 heavy (non-hydrogen) atoms. The number of carboxylic acids is 1. The molecule has 0 amide bonds. The number of aliphatic hydroxyl groups excluding tert-OH is 4. The first kappa shape index (κ1) is 17.1. The largest absolute Gasteiger partial charge is 0.490 e. The number of carbonyl (C=O) groups is 1. The summed E-state index contributed by atoms with van der Waals surface area (Å²) in [5.41, 5.74) is 0. The topological polar surface area (TPSA) is 130 Å². The molecule has 7 nitrogen and oxygen atoms in total. The number of piperidine rings is 1. The maximum absolute atomic E-state index is 10.6. The van der Waals surface area contributed by atoms with Gasteiger partial charge in [-0.25, -0.2) is 4.79 Å². The molecule has 0 radical (unpaired) electrons. The van der Waals surface area contributed by atoms with Crippen molar-refractivity contribution < 1.29 is 43.5 Å². The quantitative estimate of drug-likeness (QED) is 0.317. The fourth-order valence-corrected chi connectivity index (χ4v) is 1.15. The van der Waals surface area contributed by atoms with Gasteiger partial charge in [0.25, 0.3) is 0 Å². The van der Waals surface area contributed by atoms with Gasteiger partial charge in [0.15, 0.2) is 0 Å². The van der Waals surface area contributed by atoms with Gasteiger partial charge in [-0.1, -0.05) is 0 Å². The molecule has 1 fully saturated rings. The number of alkyl halides is 3. The Hall–Kier alpha value is -0.940. The van der Waals surface area contributed by atoms with E-state index in [0.717, 1.165) is 0 Å². The molecular weight excluding hydrogens is 263 g/mol. The molecule has 0 aromatic carbocycles. The van der Waals surface area contributed by atoms with E-state index in [-0.39, 0.29) is 13.2 Å². The minimum absolute atomic E-state index is 0.198. The third kappa shape index (κ3) is 5.14. The predicted molar refractivity (Wildman–Crippen MR) is 50.6 cm³/mol. The van der Waals surface area contributed by atoms with Crippen LogP contribution in [0.25, 0.3) is 0 Å². The van der Waals surface area contributed by atoms with Crippen LogP contribution in [0.3, 0.4) is 0 Å². The molecule has 0 bridgehead atoms. The fourth-order valence-electron chi connectivity index (χ4n) is 1.15. The van der Waals surface area contributed by atoms with Crippen molar-refractivity contribution >= 4 is 5.97 Å². The van der Waals surface area contributed by atoms with Crippen LogP contribution in [0, 0.1) is 0 Å². The van der Waals surface area contributed by atoms with Crippen LogP contribution in [0.2, 0.25) is 0 Å². The minimum Gasteiger partial charge on any atom is -0.475 e. The second kappa shape index (κ2) is 6.85. The monoisotopic (exact) mass is 277 g/mol. The van der Waals surface area contributed by atoms with Crippen molar-refractivity contribution in [3.63, 3.8) is 0 Å². The molecule has 0 aromatic heterocycles. The van der Waals surface area contributed by atoms with Gasteiger partial charge in [0.05, 0.1) is 24.9 Å². The Kier molecular flexibility index (Phi) is 6.49. The molecule has 1 heterocycles. The average molecular weight is 277 g/mol. The van der Waals surface area contributed by atoms with Crippen LogP contribution < -0.4 is 5.32 Å². The van der Waals surface area contributed by atoms with Crippen molar-refractivity contribution in [3.8, 4) is 0 Å².